The molecule has 0 heterocycles. The van der Waals surface area contributed by atoms with Gasteiger partial charge in [-0.3, -0.25) is 5.41 Å². The Morgan fingerprint density at radius 2 is 1.71 bits per heavy atom. The van der Waals surface area contributed by atoms with E-state index in [0.717, 1.165) is 4.47 Å². The normalized spacial score (nSPS) is 10.6. The molecule has 0 aromatic heterocycles. The summed E-state index contributed by atoms with van der Waals surface area (Å²) in [4.78, 5) is 0. The number of ether oxygens (including phenoxy) is 4. The second kappa shape index (κ2) is 10.6. The number of nitrogens with one attached hydrogen (secondary N) is 1. The average Bonchev–Trinajstić information content (AvgIpc) is 2.45. The van der Waals surface area contributed by atoms with Gasteiger partial charge in [-0.15, -0.1) is 0 Å². The summed E-state index contributed by atoms with van der Waals surface area (Å²) in [6, 6.07) is 5.34. The fourth-order valence-electron chi connectivity index (χ4n) is 1.51. The summed E-state index contributed by atoms with van der Waals surface area (Å²) in [6.07, 6.45) is 0. The van der Waals surface area contributed by atoms with Gasteiger partial charge in [-0.1, -0.05) is 15.9 Å². The number of nitrogen functional groups attached to an aromatic ring is 1. The van der Waals surface area contributed by atoms with Crippen molar-refractivity contribution < 1.29 is 18.9 Å². The van der Waals surface area contributed by atoms with Gasteiger partial charge in [-0.25, -0.2) is 0 Å². The van der Waals surface area contributed by atoms with E-state index in [1.807, 2.05) is 6.07 Å². The van der Waals surface area contributed by atoms with Crippen LogP contribution in [0.5, 0.6) is 5.75 Å². The van der Waals surface area contributed by atoms with E-state index < -0.39 is 0 Å². The maximum atomic E-state index is 7.50. The molecule has 0 saturated heterocycles. The Bertz CT molecular complexity index is 443. The van der Waals surface area contributed by atoms with E-state index in [4.69, 9.17) is 30.1 Å². The smallest absolute Gasteiger partial charge is 0.131 e. The molecule has 1 aromatic rings. The van der Waals surface area contributed by atoms with Crippen LogP contribution in [0.25, 0.3) is 0 Å². The molecule has 118 valence electrons. The van der Waals surface area contributed by atoms with E-state index in [1.54, 1.807) is 19.2 Å². The number of nitrogens with two attached hydrogens (primary N) is 1. The van der Waals surface area contributed by atoms with E-state index in [9.17, 15) is 0 Å². The van der Waals surface area contributed by atoms with Gasteiger partial charge in [-0.2, -0.15) is 0 Å². The van der Waals surface area contributed by atoms with Crippen LogP contribution < -0.4 is 10.5 Å². The predicted octanol–water partition coefficient (Wildman–Crippen LogP) is 1.79. The van der Waals surface area contributed by atoms with Gasteiger partial charge >= 0.3 is 0 Å². The zero-order valence-corrected chi connectivity index (χ0v) is 13.6. The van der Waals surface area contributed by atoms with Crippen molar-refractivity contribution in [2.24, 2.45) is 5.73 Å². The second-order valence-electron chi connectivity index (χ2n) is 4.12. The van der Waals surface area contributed by atoms with Gasteiger partial charge in [0.2, 0.25) is 0 Å². The molecule has 0 atom stereocenters. The molecule has 6 nitrogen and oxygen atoms in total. The highest BCUT2D eigenvalue weighted by Gasteiger charge is 2.07. The van der Waals surface area contributed by atoms with E-state index in [1.165, 1.54) is 0 Å². The van der Waals surface area contributed by atoms with Gasteiger partial charge in [0.15, 0.2) is 0 Å². The molecule has 1 aromatic carbocycles. The largest absolute Gasteiger partial charge is 0.490 e. The van der Waals surface area contributed by atoms with Crippen molar-refractivity contribution >= 4 is 21.8 Å². The maximum absolute atomic E-state index is 7.50. The molecule has 0 amide bonds. The highest BCUT2D eigenvalue weighted by molar-refractivity contribution is 9.10. The van der Waals surface area contributed by atoms with Crippen molar-refractivity contribution in [2.75, 3.05) is 46.8 Å². The molecular formula is C14H21BrN2O4. The van der Waals surface area contributed by atoms with Crippen molar-refractivity contribution in [3.8, 4) is 5.75 Å². The molecule has 0 radical (unpaired) electrons. The maximum Gasteiger partial charge on any atom is 0.131 e. The van der Waals surface area contributed by atoms with Gasteiger partial charge < -0.3 is 24.7 Å². The summed E-state index contributed by atoms with van der Waals surface area (Å²) in [5.41, 5.74) is 6.07. The van der Waals surface area contributed by atoms with Gasteiger partial charge in [0.25, 0.3) is 0 Å². The molecule has 0 aliphatic rings. The second-order valence-corrected chi connectivity index (χ2v) is 5.04. The Balaban J connectivity index is 2.21. The first-order valence-electron chi connectivity index (χ1n) is 6.56. The quantitative estimate of drug-likeness (QED) is 0.357. The van der Waals surface area contributed by atoms with Gasteiger partial charge in [0.05, 0.1) is 38.6 Å². The van der Waals surface area contributed by atoms with Gasteiger partial charge in [-0.05, 0) is 18.2 Å². The summed E-state index contributed by atoms with van der Waals surface area (Å²) < 4.78 is 22.0. The third-order valence-corrected chi connectivity index (χ3v) is 3.02. The number of benzene rings is 1. The van der Waals surface area contributed by atoms with Crippen LogP contribution in [0.4, 0.5) is 0 Å². The van der Waals surface area contributed by atoms with Gasteiger partial charge in [0, 0.05) is 11.6 Å². The molecule has 21 heavy (non-hydrogen) atoms. The minimum atomic E-state index is -0.0232. The van der Waals surface area contributed by atoms with Crippen molar-refractivity contribution in [3.63, 3.8) is 0 Å². The molecule has 0 fully saturated rings. The number of methoxy groups -OCH3 is 1. The van der Waals surface area contributed by atoms with E-state index in [0.29, 0.717) is 51.0 Å². The minimum Gasteiger partial charge on any atom is -0.490 e. The van der Waals surface area contributed by atoms with Crippen LogP contribution in [0.15, 0.2) is 22.7 Å². The molecule has 1 rings (SSSR count). The van der Waals surface area contributed by atoms with Crippen molar-refractivity contribution in [1.29, 1.82) is 5.41 Å². The standard InChI is InChI=1S/C14H21BrN2O4/c1-18-4-5-19-6-7-20-8-9-21-13-10-11(15)2-3-12(13)14(16)17/h2-3,10H,4-9H2,1H3,(H3,16,17). The summed E-state index contributed by atoms with van der Waals surface area (Å²) in [5.74, 6) is 0.543. The van der Waals surface area contributed by atoms with Crippen LogP contribution in [0.1, 0.15) is 5.56 Å². The molecule has 3 N–H and O–H groups in total. The van der Waals surface area contributed by atoms with Crippen molar-refractivity contribution in [3.05, 3.63) is 28.2 Å². The van der Waals surface area contributed by atoms with Crippen LogP contribution in [-0.2, 0) is 14.2 Å². The first-order valence-corrected chi connectivity index (χ1v) is 7.35. The Hall–Kier alpha value is -1.15. The number of hydrogen-bond donors (Lipinski definition) is 2. The molecule has 0 aliphatic heterocycles. The first kappa shape index (κ1) is 17.9. The molecule has 0 aliphatic carbocycles. The van der Waals surface area contributed by atoms with Crippen LogP contribution in [0.2, 0.25) is 0 Å². The first-order chi connectivity index (χ1) is 10.1. The van der Waals surface area contributed by atoms with Crippen LogP contribution in [0, 0.1) is 5.41 Å². The lowest BCUT2D eigenvalue weighted by atomic mass is 10.2. The summed E-state index contributed by atoms with van der Waals surface area (Å²) in [7, 11) is 1.63. The molecule has 0 spiro atoms. The van der Waals surface area contributed by atoms with Crippen LogP contribution in [0.3, 0.4) is 0 Å². The lowest BCUT2D eigenvalue weighted by Crippen LogP contribution is -2.16. The Morgan fingerprint density at radius 3 is 2.33 bits per heavy atom. The molecule has 0 saturated carbocycles. The highest BCUT2D eigenvalue weighted by Crippen LogP contribution is 2.23. The predicted molar refractivity (Wildman–Crippen MR) is 84.2 cm³/mol. The number of halogens is 1. The summed E-state index contributed by atoms with van der Waals surface area (Å²) >= 11 is 3.36. The monoisotopic (exact) mass is 360 g/mol. The zero-order chi connectivity index (χ0) is 15.5. The van der Waals surface area contributed by atoms with E-state index in [-0.39, 0.29) is 5.84 Å². The van der Waals surface area contributed by atoms with Crippen LogP contribution in [-0.4, -0.2) is 52.6 Å². The molecule has 0 bridgehead atoms. The average molecular weight is 361 g/mol. The number of amidine groups is 1. The van der Waals surface area contributed by atoms with E-state index in [2.05, 4.69) is 15.9 Å². The Kier molecular flexibility index (Phi) is 9.00. The number of hydrogen-bond acceptors (Lipinski definition) is 5. The topological polar surface area (TPSA) is 86.8 Å². The summed E-state index contributed by atoms with van der Waals surface area (Å²) in [6.45, 7) is 3.01. The lowest BCUT2D eigenvalue weighted by molar-refractivity contribution is 0.0179. The fraction of sp³-hybridized carbons (Fsp3) is 0.500. The van der Waals surface area contributed by atoms with Gasteiger partial charge in [0.1, 0.15) is 18.2 Å². The van der Waals surface area contributed by atoms with Crippen molar-refractivity contribution in [2.45, 2.75) is 0 Å². The van der Waals surface area contributed by atoms with Crippen LogP contribution >= 0.6 is 15.9 Å². The molecule has 7 heteroatoms. The molecule has 0 unspecified atom stereocenters. The number of rotatable bonds is 11. The zero-order valence-electron chi connectivity index (χ0n) is 12.1. The fourth-order valence-corrected chi connectivity index (χ4v) is 1.85. The third kappa shape index (κ3) is 7.42. The van der Waals surface area contributed by atoms with Crippen molar-refractivity contribution in [1.82, 2.24) is 0 Å². The SMILES string of the molecule is COCCOCCOCCOc1cc(Br)ccc1C(=N)N. The third-order valence-electron chi connectivity index (χ3n) is 2.52. The lowest BCUT2D eigenvalue weighted by Gasteiger charge is -2.11. The minimum absolute atomic E-state index is 0.0232. The van der Waals surface area contributed by atoms with E-state index >= 15 is 0 Å². The Morgan fingerprint density at radius 1 is 1.10 bits per heavy atom. The molecular weight excluding hydrogens is 340 g/mol. The summed E-state index contributed by atoms with van der Waals surface area (Å²) in [5, 5.41) is 7.50. The highest BCUT2D eigenvalue weighted by atomic mass is 79.9. The Labute approximate surface area is 133 Å².